The van der Waals surface area contributed by atoms with Crippen molar-refractivity contribution >= 4 is 34.6 Å². The zero-order valence-corrected chi connectivity index (χ0v) is 36.2. The first-order chi connectivity index (χ1) is 28.4. The van der Waals surface area contributed by atoms with Gasteiger partial charge in [0.1, 0.15) is 30.0 Å². The smallest absolute Gasteiger partial charge is 0.324 e. The number of nitrogens with one attached hydrogen (secondary N) is 2. The van der Waals surface area contributed by atoms with Crippen LogP contribution in [0.3, 0.4) is 0 Å². The van der Waals surface area contributed by atoms with Gasteiger partial charge in [-0.05, 0) is 105 Å². The maximum Gasteiger partial charge on any atom is 0.324 e. The summed E-state index contributed by atoms with van der Waals surface area (Å²) in [6.07, 6.45) is 1.64. The zero-order chi connectivity index (χ0) is 43.6. The highest BCUT2D eigenvalue weighted by atomic mass is 16.5. The summed E-state index contributed by atoms with van der Waals surface area (Å²) in [5.74, 6) is -2.57. The van der Waals surface area contributed by atoms with E-state index in [9.17, 15) is 29.4 Å². The number of aryl methyl sites for hydroxylation is 1. The van der Waals surface area contributed by atoms with Crippen LogP contribution in [0.2, 0.25) is 0 Å². The standard InChI is InChI=1S/C46H60N6O8/c1-10-51-38-16-15-30-23-34(38)35(41(51)33-13-11-17-47-39(33)28(5)59-9)24-46(6,7)25-60-45(58)36-14-12-18-52(49-36)44(57)37(21-29-19-31(30)22-32(54)20-29)48-42(55)40(26(2)3)50(8)43(56)27(4)53/h11,13,15-17,19-20,22-23,26-28,36-37,40,49,53-54H,10,12,14,18,21,24-25H2,1-9H3,(H,48,55)/t27?,28-,36-,37-,40-/m0/s1. The molecule has 322 valence electrons. The summed E-state index contributed by atoms with van der Waals surface area (Å²) in [5, 5.41) is 26.5. The molecule has 0 radical (unpaired) electrons. The quantitative estimate of drug-likeness (QED) is 0.162. The molecular formula is C46H60N6O8. The Morgan fingerprint density at radius 2 is 1.85 bits per heavy atom. The van der Waals surface area contributed by atoms with E-state index in [4.69, 9.17) is 14.5 Å². The van der Waals surface area contributed by atoms with Crippen molar-refractivity contribution in [3.05, 3.63) is 71.5 Å². The number of phenols is 1. The first kappa shape index (κ1) is 44.2. The van der Waals surface area contributed by atoms with Gasteiger partial charge in [0.05, 0.1) is 24.1 Å². The topological polar surface area (TPSA) is 176 Å². The van der Waals surface area contributed by atoms with E-state index in [1.165, 1.54) is 23.9 Å². The molecule has 2 aromatic heterocycles. The number of rotatable bonds is 9. The van der Waals surface area contributed by atoms with Gasteiger partial charge in [0.25, 0.3) is 11.8 Å². The number of amides is 3. The number of pyridine rings is 1. The van der Waals surface area contributed by atoms with Gasteiger partial charge in [-0.15, -0.1) is 0 Å². The first-order valence-corrected chi connectivity index (χ1v) is 20.9. The molecule has 4 N–H and O–H groups in total. The predicted octanol–water partition coefficient (Wildman–Crippen LogP) is 5.32. The Labute approximate surface area is 352 Å². The highest BCUT2D eigenvalue weighted by Gasteiger charge is 2.38. The van der Waals surface area contributed by atoms with Crippen LogP contribution in [0.15, 0.2) is 54.7 Å². The highest BCUT2D eigenvalue weighted by Crippen LogP contribution is 2.42. The van der Waals surface area contributed by atoms with E-state index < -0.39 is 53.3 Å². The number of nitrogens with zero attached hydrogens (tertiary/aromatic N) is 4. The SMILES string of the molecule is CCn1c(-c2cccnc2[C@H](C)OC)c2c3cc(ccc31)-c1cc(O)cc(c1)C[C@H](NC(=O)[C@H](C(C)C)N(C)C(=O)C(C)O)C(=O)N1CCC[C@H](N1)C(=O)OCC(C)(C)C2. The summed E-state index contributed by atoms with van der Waals surface area (Å²) < 4.78 is 14.1. The van der Waals surface area contributed by atoms with Gasteiger partial charge < -0.3 is 34.5 Å². The van der Waals surface area contributed by atoms with Crippen LogP contribution in [0.25, 0.3) is 33.3 Å². The molecule has 4 heterocycles. The second-order valence-electron chi connectivity index (χ2n) is 17.3. The van der Waals surface area contributed by atoms with Crippen molar-refractivity contribution in [3.63, 3.8) is 0 Å². The minimum absolute atomic E-state index is 0.0162. The lowest BCUT2D eigenvalue weighted by molar-refractivity contribution is -0.155. The van der Waals surface area contributed by atoms with Crippen LogP contribution in [-0.2, 0) is 48.0 Å². The summed E-state index contributed by atoms with van der Waals surface area (Å²) in [6.45, 7) is 14.2. The number of likely N-dealkylation sites (N-methyl/N-ethyl adjacent to an activating group) is 1. The van der Waals surface area contributed by atoms with Gasteiger partial charge >= 0.3 is 5.97 Å². The van der Waals surface area contributed by atoms with E-state index >= 15 is 0 Å². The van der Waals surface area contributed by atoms with Crippen molar-refractivity contribution in [3.8, 4) is 28.1 Å². The molecule has 6 bridgehead atoms. The molecule has 14 heteroatoms. The Kier molecular flexibility index (Phi) is 13.4. The van der Waals surface area contributed by atoms with Gasteiger partial charge in [-0.2, -0.15) is 0 Å². The number of ether oxygens (including phenoxy) is 2. The molecular weight excluding hydrogens is 765 g/mol. The molecule has 14 nitrogen and oxygen atoms in total. The second-order valence-corrected chi connectivity index (χ2v) is 17.3. The molecule has 1 unspecified atom stereocenters. The number of cyclic esters (lactones) is 1. The van der Waals surface area contributed by atoms with Crippen molar-refractivity contribution in [1.29, 1.82) is 0 Å². The predicted molar refractivity (Wildman–Crippen MR) is 228 cm³/mol. The van der Waals surface area contributed by atoms with Gasteiger partial charge in [-0.25, -0.2) is 5.43 Å². The third kappa shape index (κ3) is 9.20. The van der Waals surface area contributed by atoms with Gasteiger partial charge in [-0.3, -0.25) is 29.2 Å². The number of benzene rings is 2. The van der Waals surface area contributed by atoms with Crippen LogP contribution in [0.4, 0.5) is 0 Å². The summed E-state index contributed by atoms with van der Waals surface area (Å²) in [5.41, 5.74) is 9.48. The van der Waals surface area contributed by atoms with Gasteiger partial charge in [-0.1, -0.05) is 39.8 Å². The molecule has 6 rings (SSSR count). The first-order valence-electron chi connectivity index (χ1n) is 20.9. The zero-order valence-electron chi connectivity index (χ0n) is 36.2. The van der Waals surface area contributed by atoms with Crippen molar-refractivity contribution in [2.75, 3.05) is 27.3 Å². The van der Waals surface area contributed by atoms with E-state index in [-0.39, 0.29) is 37.3 Å². The van der Waals surface area contributed by atoms with E-state index in [0.29, 0.717) is 36.9 Å². The van der Waals surface area contributed by atoms with Crippen LogP contribution in [0.1, 0.15) is 84.2 Å². The molecule has 3 amide bonds. The van der Waals surface area contributed by atoms with Crippen LogP contribution in [-0.4, -0.2) is 105 Å². The number of hydrogen-bond donors (Lipinski definition) is 4. The van der Waals surface area contributed by atoms with Crippen LogP contribution in [0.5, 0.6) is 5.75 Å². The molecule has 1 fully saturated rings. The number of aromatic nitrogens is 2. The lowest BCUT2D eigenvalue weighted by atomic mass is 9.84. The summed E-state index contributed by atoms with van der Waals surface area (Å²) in [4.78, 5) is 61.2. The lowest BCUT2D eigenvalue weighted by Crippen LogP contribution is -2.62. The van der Waals surface area contributed by atoms with E-state index in [2.05, 4.69) is 54.3 Å². The average molecular weight is 825 g/mol. The van der Waals surface area contributed by atoms with Crippen LogP contribution < -0.4 is 10.7 Å². The Morgan fingerprint density at radius 3 is 2.53 bits per heavy atom. The summed E-state index contributed by atoms with van der Waals surface area (Å²) >= 11 is 0. The van der Waals surface area contributed by atoms with Gasteiger partial charge in [0, 0.05) is 61.7 Å². The molecule has 5 atom stereocenters. The fourth-order valence-electron chi connectivity index (χ4n) is 8.68. The monoisotopic (exact) mass is 824 g/mol. The fourth-order valence-corrected chi connectivity index (χ4v) is 8.68. The molecule has 1 saturated heterocycles. The van der Waals surface area contributed by atoms with Crippen molar-refractivity contribution < 1.29 is 38.9 Å². The number of methoxy groups -OCH3 is 1. The third-order valence-electron chi connectivity index (χ3n) is 11.7. The molecule has 0 saturated carbocycles. The third-order valence-corrected chi connectivity index (χ3v) is 11.7. The number of esters is 1. The number of aromatic hydroxyl groups is 1. The molecule has 60 heavy (non-hydrogen) atoms. The Balaban J connectivity index is 1.52. The molecule has 2 aliphatic heterocycles. The van der Waals surface area contributed by atoms with Crippen LogP contribution in [0, 0.1) is 11.3 Å². The Hall–Kier alpha value is -5.31. The van der Waals surface area contributed by atoms with Gasteiger partial charge in [0.15, 0.2) is 0 Å². The molecule has 2 aliphatic rings. The lowest BCUT2D eigenvalue weighted by Gasteiger charge is -2.37. The number of hydrogen-bond acceptors (Lipinski definition) is 10. The largest absolute Gasteiger partial charge is 0.508 e. The average Bonchev–Trinajstić information content (AvgIpc) is 3.52. The summed E-state index contributed by atoms with van der Waals surface area (Å²) in [6, 6.07) is 12.4. The van der Waals surface area contributed by atoms with E-state index in [0.717, 1.165) is 39.0 Å². The van der Waals surface area contributed by atoms with E-state index in [1.54, 1.807) is 39.3 Å². The number of carbonyl (C=O) groups excluding carboxylic acids is 4. The number of carbonyl (C=O) groups is 4. The number of fused-ring (bicyclic) bond motifs is 6. The maximum absolute atomic E-state index is 14.5. The normalized spacial score (nSPS) is 19.9. The molecule has 2 aromatic carbocycles. The maximum atomic E-state index is 14.5. The minimum Gasteiger partial charge on any atom is -0.508 e. The fraction of sp³-hybridized carbons (Fsp3) is 0.500. The van der Waals surface area contributed by atoms with Crippen molar-refractivity contribution in [2.24, 2.45) is 11.3 Å². The highest BCUT2D eigenvalue weighted by molar-refractivity contribution is 5.96. The summed E-state index contributed by atoms with van der Waals surface area (Å²) in [7, 11) is 3.12. The van der Waals surface area contributed by atoms with Gasteiger partial charge in [0.2, 0.25) is 5.91 Å². The second kappa shape index (κ2) is 18.1. The molecule has 0 spiro atoms. The Bertz CT molecular complexity index is 2250. The van der Waals surface area contributed by atoms with Crippen LogP contribution >= 0.6 is 0 Å². The minimum atomic E-state index is -1.33. The number of aliphatic hydroxyl groups excluding tert-OH is 1. The van der Waals surface area contributed by atoms with Crippen molar-refractivity contribution in [1.82, 2.24) is 30.2 Å². The van der Waals surface area contributed by atoms with Crippen molar-refractivity contribution in [2.45, 2.75) is 111 Å². The number of aliphatic hydroxyl groups is 1. The number of phenolic OH excluding ortho intramolecular Hbond substituents is 1. The molecule has 0 aliphatic carbocycles. The molecule has 4 aromatic rings. The van der Waals surface area contributed by atoms with E-state index in [1.807, 2.05) is 25.1 Å². The Morgan fingerprint density at radius 1 is 1.10 bits per heavy atom. The number of hydrazine groups is 1.